The lowest BCUT2D eigenvalue weighted by molar-refractivity contribution is -0.182. The average molecular weight is 755 g/mol. The van der Waals surface area contributed by atoms with Crippen LogP contribution in [-0.4, -0.2) is 107 Å². The minimum Gasteiger partial charge on any atom is -0.464 e. The van der Waals surface area contributed by atoms with E-state index in [0.29, 0.717) is 0 Å². The largest absolute Gasteiger partial charge is 0.464 e. The van der Waals surface area contributed by atoms with E-state index in [1.165, 1.54) is 0 Å². The molecule has 1 fully saturated rings. The van der Waals surface area contributed by atoms with Gasteiger partial charge in [0.05, 0.1) is 0 Å². The van der Waals surface area contributed by atoms with Gasteiger partial charge in [-0.15, -0.1) is 0 Å². The van der Waals surface area contributed by atoms with E-state index in [4.69, 9.17) is 37.9 Å². The van der Waals surface area contributed by atoms with Gasteiger partial charge in [0, 0.05) is 36.5 Å². The van der Waals surface area contributed by atoms with Crippen LogP contribution >= 0.6 is 0 Å². The van der Waals surface area contributed by atoms with E-state index in [9.17, 15) is 38.4 Å². The molecule has 0 spiro atoms. The molecule has 0 aromatic carbocycles. The van der Waals surface area contributed by atoms with Crippen molar-refractivity contribution in [2.75, 3.05) is 52.9 Å². The smallest absolute Gasteiger partial charge is 0.330 e. The number of carbonyl (C=O) groups is 8. The first kappa shape index (κ1) is 45.1. The highest BCUT2D eigenvalue weighted by molar-refractivity contribution is 5.84. The molecule has 290 valence electrons. The maximum absolute atomic E-state index is 15.7. The Labute approximate surface area is 303 Å². The highest BCUT2D eigenvalue weighted by Gasteiger charge is 2.60. The first-order valence-electron chi connectivity index (χ1n) is 15.4. The van der Waals surface area contributed by atoms with Crippen molar-refractivity contribution in [3.8, 4) is 0 Å². The number of carbonyl (C=O) groups excluding carboxylic acids is 8. The molecule has 2 atom stereocenters. The topological polar surface area (TPSA) is 210 Å². The van der Waals surface area contributed by atoms with E-state index >= 15 is 8.78 Å². The molecule has 0 N–H and O–H groups in total. The van der Waals surface area contributed by atoms with Crippen LogP contribution in [0.15, 0.2) is 75.9 Å². The van der Waals surface area contributed by atoms with E-state index in [-0.39, 0.29) is 0 Å². The van der Waals surface area contributed by atoms with Crippen molar-refractivity contribution in [2.24, 2.45) is 22.7 Å². The van der Waals surface area contributed by atoms with Gasteiger partial charge in [0.15, 0.2) is 0 Å². The van der Waals surface area contributed by atoms with Gasteiger partial charge in [-0.1, -0.05) is 39.5 Å². The normalized spacial score (nSPS) is 15.9. The highest BCUT2D eigenvalue weighted by Crippen LogP contribution is 2.46. The Morgan fingerprint density at radius 2 is 0.623 bits per heavy atom. The number of ether oxygens (including phenoxy) is 8. The average Bonchev–Trinajstić information content (AvgIpc) is 3.49. The van der Waals surface area contributed by atoms with Gasteiger partial charge in [0.25, 0.3) is 5.92 Å². The summed E-state index contributed by atoms with van der Waals surface area (Å²) in [5, 5.41) is 0. The van der Waals surface area contributed by atoms with E-state index in [1.54, 1.807) is 0 Å². The molecule has 1 saturated carbocycles. The summed E-state index contributed by atoms with van der Waals surface area (Å²) >= 11 is 0. The zero-order valence-electron chi connectivity index (χ0n) is 28.7. The van der Waals surface area contributed by atoms with Crippen molar-refractivity contribution in [3.63, 3.8) is 0 Å². The first-order chi connectivity index (χ1) is 25.0. The molecule has 2 unspecified atom stereocenters. The van der Waals surface area contributed by atoms with Crippen molar-refractivity contribution >= 4 is 47.8 Å². The van der Waals surface area contributed by atoms with Crippen LogP contribution in [0.5, 0.6) is 0 Å². The van der Waals surface area contributed by atoms with Crippen molar-refractivity contribution in [2.45, 2.75) is 18.8 Å². The van der Waals surface area contributed by atoms with Crippen LogP contribution in [-0.2, 0) is 76.3 Å². The predicted molar refractivity (Wildman–Crippen MR) is 175 cm³/mol. The summed E-state index contributed by atoms with van der Waals surface area (Å²) in [6.07, 6.45) is 3.49. The molecule has 1 aliphatic carbocycles. The lowest BCUT2D eigenvalue weighted by Crippen LogP contribution is -2.46. The van der Waals surface area contributed by atoms with Crippen molar-refractivity contribution in [1.29, 1.82) is 0 Å². The van der Waals surface area contributed by atoms with Crippen LogP contribution in [0.1, 0.15) is 12.8 Å². The van der Waals surface area contributed by atoms with Gasteiger partial charge in [0.2, 0.25) is 0 Å². The Morgan fingerprint density at radius 1 is 0.434 bits per heavy atom. The fourth-order valence-corrected chi connectivity index (χ4v) is 4.36. The van der Waals surface area contributed by atoms with Crippen molar-refractivity contribution in [3.05, 3.63) is 75.9 Å². The monoisotopic (exact) mass is 754 g/mol. The fraction of sp³-hybridized carbons (Fsp3) is 0.429. The zero-order valence-corrected chi connectivity index (χ0v) is 28.7. The zero-order chi connectivity index (χ0) is 40.2. The number of hydrogen-bond acceptors (Lipinski definition) is 16. The number of rotatable bonds is 24. The second kappa shape index (κ2) is 21.4. The number of esters is 8. The van der Waals surface area contributed by atoms with Crippen LogP contribution in [0.2, 0.25) is 0 Å². The molecule has 53 heavy (non-hydrogen) atoms. The molecule has 0 aliphatic heterocycles. The predicted octanol–water partition coefficient (Wildman–Crippen LogP) is 2.08. The minimum absolute atomic E-state index is 0.586. The third-order valence-corrected chi connectivity index (χ3v) is 7.41. The molecule has 1 rings (SSSR count). The molecular formula is C35H40F2O16. The molecule has 0 radical (unpaired) electrons. The molecule has 0 amide bonds. The third kappa shape index (κ3) is 14.3. The van der Waals surface area contributed by atoms with Crippen LogP contribution in [0.3, 0.4) is 0 Å². The number of halogens is 2. The van der Waals surface area contributed by atoms with Crippen molar-refractivity contribution in [1.82, 2.24) is 0 Å². The maximum atomic E-state index is 15.7. The van der Waals surface area contributed by atoms with Gasteiger partial charge < -0.3 is 37.9 Å². The van der Waals surface area contributed by atoms with Gasteiger partial charge in [0.1, 0.15) is 75.5 Å². The summed E-state index contributed by atoms with van der Waals surface area (Å²) in [7, 11) is 0. The van der Waals surface area contributed by atoms with Crippen LogP contribution < -0.4 is 0 Å². The molecule has 0 bridgehead atoms. The molecule has 0 heterocycles. The fourth-order valence-electron chi connectivity index (χ4n) is 4.36. The minimum atomic E-state index is -4.08. The molecule has 16 nitrogen and oxygen atoms in total. The van der Waals surface area contributed by atoms with E-state index < -0.39 is 142 Å². The van der Waals surface area contributed by atoms with Gasteiger partial charge in [-0.2, -0.15) is 0 Å². The van der Waals surface area contributed by atoms with Crippen LogP contribution in [0.4, 0.5) is 8.78 Å². The summed E-state index contributed by atoms with van der Waals surface area (Å²) in [6.45, 7) is 13.3. The number of alkyl halides is 2. The van der Waals surface area contributed by atoms with Crippen molar-refractivity contribution < 1.29 is 85.0 Å². The first-order valence-corrected chi connectivity index (χ1v) is 15.4. The van der Waals surface area contributed by atoms with E-state index in [0.717, 1.165) is 36.5 Å². The molecule has 0 saturated heterocycles. The second-order valence-corrected chi connectivity index (χ2v) is 11.4. The molecule has 18 heteroatoms. The summed E-state index contributed by atoms with van der Waals surface area (Å²) in [6, 6.07) is 0. The molecule has 0 aromatic rings. The summed E-state index contributed by atoms with van der Waals surface area (Å²) < 4.78 is 71.9. The Morgan fingerprint density at radius 3 is 0.811 bits per heavy atom. The Hall–Kier alpha value is -5.94. The standard InChI is InChI=1S/C35H40F2O16/c1-7-25(38)46-15-33(16-47-26(39)8-2,17-48-27(40)9-3)21-52-31(44)23-13-14-24(35(23,36)37)32(45)53-22-34(18-49-28(41)10-4,19-50-29(42)11-5)20-51-30(43)12-6/h7-12,23-24H,1-6,13-22H2. The third-order valence-electron chi connectivity index (χ3n) is 7.41. The lowest BCUT2D eigenvalue weighted by Gasteiger charge is -2.32. The summed E-state index contributed by atoms with van der Waals surface area (Å²) in [4.78, 5) is 97.1. The van der Waals surface area contributed by atoms with Gasteiger partial charge in [-0.05, 0) is 12.8 Å². The quantitative estimate of drug-likeness (QED) is 0.0784. The van der Waals surface area contributed by atoms with Gasteiger partial charge in [-0.3, -0.25) is 9.59 Å². The van der Waals surface area contributed by atoms with Crippen LogP contribution in [0.25, 0.3) is 0 Å². The van der Waals surface area contributed by atoms with Crippen LogP contribution in [0, 0.1) is 22.7 Å². The highest BCUT2D eigenvalue weighted by atomic mass is 19.3. The van der Waals surface area contributed by atoms with Gasteiger partial charge >= 0.3 is 47.8 Å². The molecular weight excluding hydrogens is 714 g/mol. The Balaban J connectivity index is 3.27. The summed E-state index contributed by atoms with van der Waals surface area (Å²) in [5.74, 6) is -17.4. The maximum Gasteiger partial charge on any atom is 0.330 e. The van der Waals surface area contributed by atoms with E-state index in [2.05, 4.69) is 39.5 Å². The van der Waals surface area contributed by atoms with E-state index in [1.807, 2.05) is 0 Å². The summed E-state index contributed by atoms with van der Waals surface area (Å²) in [5.41, 5.74) is -3.64. The molecule has 1 aliphatic rings. The second-order valence-electron chi connectivity index (χ2n) is 11.4. The van der Waals surface area contributed by atoms with Gasteiger partial charge in [-0.25, -0.2) is 37.5 Å². The Bertz CT molecular complexity index is 1240. The number of hydrogen-bond donors (Lipinski definition) is 0. The lowest BCUT2D eigenvalue weighted by atomic mass is 9.91. The SMILES string of the molecule is C=CC(=O)OCC(COC(=O)C=C)(COC(=O)C=C)COC(=O)C1CCC(C(=O)OCC(COC(=O)C=C)(COC(=O)C=C)COC(=O)C=C)C1(F)F. The Kier molecular flexibility index (Phi) is 18.2. The molecule has 0 aromatic heterocycles.